The maximum absolute atomic E-state index is 9.59. The van der Waals surface area contributed by atoms with E-state index in [2.05, 4.69) is 0 Å². The highest BCUT2D eigenvalue weighted by Crippen LogP contribution is 2.27. The summed E-state index contributed by atoms with van der Waals surface area (Å²) in [6, 6.07) is 5.56. The van der Waals surface area contributed by atoms with Crippen LogP contribution in [0, 0.1) is 0 Å². The molecule has 2 heteroatoms. The molecule has 0 bridgehead atoms. The Bertz CT molecular complexity index is 341. The van der Waals surface area contributed by atoms with Crippen molar-refractivity contribution in [3.8, 4) is 11.5 Å². The second kappa shape index (κ2) is 5.24. The van der Waals surface area contributed by atoms with E-state index in [4.69, 9.17) is 4.74 Å². The zero-order valence-corrected chi connectivity index (χ0v) is 9.91. The van der Waals surface area contributed by atoms with Gasteiger partial charge < -0.3 is 9.84 Å². The molecule has 1 aliphatic carbocycles. The number of benzene rings is 1. The first kappa shape index (κ1) is 11.3. The van der Waals surface area contributed by atoms with Crippen molar-refractivity contribution in [3.05, 3.63) is 23.8 Å². The van der Waals surface area contributed by atoms with Gasteiger partial charge in [-0.1, -0.05) is 13.3 Å². The largest absolute Gasteiger partial charge is 0.508 e. The van der Waals surface area contributed by atoms with Gasteiger partial charge >= 0.3 is 0 Å². The number of aromatic hydroxyl groups is 1. The average Bonchev–Trinajstić information content (AvgIpc) is 2.33. The lowest BCUT2D eigenvalue weighted by Gasteiger charge is -2.23. The topological polar surface area (TPSA) is 29.5 Å². The minimum absolute atomic E-state index is 0.374. The molecule has 0 amide bonds. The van der Waals surface area contributed by atoms with Crippen LogP contribution in [0.4, 0.5) is 0 Å². The molecule has 0 saturated heterocycles. The Morgan fingerprint density at radius 3 is 2.69 bits per heavy atom. The molecule has 0 aliphatic heterocycles. The van der Waals surface area contributed by atoms with Gasteiger partial charge in [-0.3, -0.25) is 0 Å². The first-order valence-corrected chi connectivity index (χ1v) is 6.28. The van der Waals surface area contributed by atoms with Crippen molar-refractivity contribution in [2.45, 2.75) is 51.6 Å². The van der Waals surface area contributed by atoms with Crippen LogP contribution in [0.25, 0.3) is 0 Å². The Morgan fingerprint density at radius 1 is 1.25 bits per heavy atom. The molecule has 1 saturated carbocycles. The average molecular weight is 220 g/mol. The summed E-state index contributed by atoms with van der Waals surface area (Å²) in [5.41, 5.74) is 0.966. The summed E-state index contributed by atoms with van der Waals surface area (Å²) in [5.74, 6) is 1.28. The van der Waals surface area contributed by atoms with Gasteiger partial charge in [-0.15, -0.1) is 0 Å². The zero-order valence-electron chi connectivity index (χ0n) is 9.91. The normalized spacial score (nSPS) is 17.3. The fourth-order valence-corrected chi connectivity index (χ4v) is 2.29. The van der Waals surface area contributed by atoms with Gasteiger partial charge in [0.25, 0.3) is 0 Å². The van der Waals surface area contributed by atoms with Gasteiger partial charge in [-0.2, -0.15) is 0 Å². The first-order chi connectivity index (χ1) is 7.79. The summed E-state index contributed by atoms with van der Waals surface area (Å²) < 4.78 is 5.94. The lowest BCUT2D eigenvalue weighted by atomic mass is 9.98. The fraction of sp³-hybridized carbons (Fsp3) is 0.571. The van der Waals surface area contributed by atoms with Crippen LogP contribution in [0.3, 0.4) is 0 Å². The molecule has 0 atom stereocenters. The molecule has 1 aromatic carbocycles. The van der Waals surface area contributed by atoms with Gasteiger partial charge in [0.15, 0.2) is 0 Å². The van der Waals surface area contributed by atoms with Crippen LogP contribution in [-0.4, -0.2) is 11.2 Å². The molecule has 2 rings (SSSR count). The summed E-state index contributed by atoms with van der Waals surface area (Å²) in [6.45, 7) is 2.04. The lowest BCUT2D eigenvalue weighted by Crippen LogP contribution is -2.19. The second-order valence-corrected chi connectivity index (χ2v) is 4.52. The van der Waals surface area contributed by atoms with Crippen molar-refractivity contribution in [2.24, 2.45) is 0 Å². The van der Waals surface area contributed by atoms with Crippen molar-refractivity contribution in [3.63, 3.8) is 0 Å². The maximum Gasteiger partial charge on any atom is 0.120 e. The SMILES string of the molecule is CCc1cc(OC2CCCCC2)ccc1O. The zero-order chi connectivity index (χ0) is 11.4. The van der Waals surface area contributed by atoms with Crippen molar-refractivity contribution in [1.82, 2.24) is 0 Å². The predicted octanol–water partition coefficient (Wildman–Crippen LogP) is 3.67. The summed E-state index contributed by atoms with van der Waals surface area (Å²) >= 11 is 0. The number of hydrogen-bond acceptors (Lipinski definition) is 2. The Hall–Kier alpha value is -1.18. The van der Waals surface area contributed by atoms with E-state index in [-0.39, 0.29) is 0 Å². The van der Waals surface area contributed by atoms with Crippen molar-refractivity contribution < 1.29 is 9.84 Å². The van der Waals surface area contributed by atoms with E-state index in [1.165, 1.54) is 32.1 Å². The summed E-state index contributed by atoms with van der Waals surface area (Å²) in [5, 5.41) is 9.59. The Morgan fingerprint density at radius 2 is 2.00 bits per heavy atom. The van der Waals surface area contributed by atoms with E-state index in [1.807, 2.05) is 19.1 Å². The van der Waals surface area contributed by atoms with Crippen LogP contribution in [0.1, 0.15) is 44.6 Å². The molecular formula is C14H20O2. The standard InChI is InChI=1S/C14H20O2/c1-2-11-10-13(8-9-14(11)15)16-12-6-4-3-5-7-12/h8-10,12,15H,2-7H2,1H3. The number of phenolic OH excluding ortho intramolecular Hbond substituents is 1. The fourth-order valence-electron chi connectivity index (χ4n) is 2.29. The Balaban J connectivity index is 2.03. The molecule has 0 heterocycles. The molecule has 0 unspecified atom stereocenters. The second-order valence-electron chi connectivity index (χ2n) is 4.52. The molecule has 16 heavy (non-hydrogen) atoms. The van der Waals surface area contributed by atoms with Gasteiger partial charge in [0, 0.05) is 0 Å². The highest BCUT2D eigenvalue weighted by atomic mass is 16.5. The summed E-state index contributed by atoms with van der Waals surface area (Å²) in [4.78, 5) is 0. The highest BCUT2D eigenvalue weighted by molar-refractivity contribution is 5.39. The van der Waals surface area contributed by atoms with Crippen LogP contribution < -0.4 is 4.74 Å². The molecular weight excluding hydrogens is 200 g/mol. The van der Waals surface area contributed by atoms with E-state index in [0.717, 1.165) is 17.7 Å². The molecule has 1 aliphatic rings. The van der Waals surface area contributed by atoms with Crippen LogP contribution in [0.5, 0.6) is 11.5 Å². The highest BCUT2D eigenvalue weighted by Gasteiger charge is 2.15. The van der Waals surface area contributed by atoms with Gasteiger partial charge in [0.05, 0.1) is 6.10 Å². The molecule has 2 nitrogen and oxygen atoms in total. The number of phenols is 1. The van der Waals surface area contributed by atoms with E-state index >= 15 is 0 Å². The minimum Gasteiger partial charge on any atom is -0.508 e. The maximum atomic E-state index is 9.59. The Labute approximate surface area is 97.3 Å². The van der Waals surface area contributed by atoms with Crippen molar-refractivity contribution in [1.29, 1.82) is 0 Å². The van der Waals surface area contributed by atoms with Crippen LogP contribution in [0.15, 0.2) is 18.2 Å². The smallest absolute Gasteiger partial charge is 0.120 e. The monoisotopic (exact) mass is 220 g/mol. The molecule has 88 valence electrons. The number of ether oxygens (including phenoxy) is 1. The van der Waals surface area contributed by atoms with Crippen LogP contribution in [-0.2, 0) is 6.42 Å². The van der Waals surface area contributed by atoms with E-state index < -0.39 is 0 Å². The van der Waals surface area contributed by atoms with Crippen molar-refractivity contribution in [2.75, 3.05) is 0 Å². The van der Waals surface area contributed by atoms with E-state index in [9.17, 15) is 5.11 Å². The quantitative estimate of drug-likeness (QED) is 0.842. The molecule has 1 fully saturated rings. The van der Waals surface area contributed by atoms with Gasteiger partial charge in [-0.25, -0.2) is 0 Å². The first-order valence-electron chi connectivity index (χ1n) is 6.28. The number of rotatable bonds is 3. The third-order valence-corrected chi connectivity index (χ3v) is 3.29. The number of hydrogen-bond donors (Lipinski definition) is 1. The van der Waals surface area contributed by atoms with Crippen LogP contribution in [0.2, 0.25) is 0 Å². The van der Waals surface area contributed by atoms with E-state index in [1.54, 1.807) is 6.07 Å². The molecule has 1 N–H and O–H groups in total. The van der Waals surface area contributed by atoms with Gasteiger partial charge in [0.1, 0.15) is 11.5 Å². The Kier molecular flexibility index (Phi) is 3.70. The van der Waals surface area contributed by atoms with Crippen LogP contribution >= 0.6 is 0 Å². The van der Waals surface area contributed by atoms with Crippen molar-refractivity contribution >= 4 is 0 Å². The van der Waals surface area contributed by atoms with Gasteiger partial charge in [-0.05, 0) is 55.9 Å². The molecule has 1 aromatic rings. The third kappa shape index (κ3) is 2.69. The van der Waals surface area contributed by atoms with E-state index in [0.29, 0.717) is 11.9 Å². The minimum atomic E-state index is 0.374. The molecule has 0 spiro atoms. The third-order valence-electron chi connectivity index (χ3n) is 3.29. The summed E-state index contributed by atoms with van der Waals surface area (Å²) in [6.07, 6.45) is 7.46. The molecule has 0 radical (unpaired) electrons. The molecule has 0 aromatic heterocycles. The predicted molar refractivity (Wildman–Crippen MR) is 65.0 cm³/mol. The van der Waals surface area contributed by atoms with Gasteiger partial charge in [0.2, 0.25) is 0 Å². The number of aryl methyl sites for hydroxylation is 1. The summed E-state index contributed by atoms with van der Waals surface area (Å²) in [7, 11) is 0. The lowest BCUT2D eigenvalue weighted by molar-refractivity contribution is 0.155.